The number of amides is 1. The smallest absolute Gasteiger partial charge is 0.387 e. The number of ether oxygens (including phenoxy) is 2. The molecule has 28 heavy (non-hydrogen) atoms. The van der Waals surface area contributed by atoms with Crippen molar-refractivity contribution >= 4 is 23.4 Å². The first kappa shape index (κ1) is 19.7. The quantitative estimate of drug-likeness (QED) is 0.707. The predicted octanol–water partition coefficient (Wildman–Crippen LogP) is 4.55. The summed E-state index contributed by atoms with van der Waals surface area (Å²) in [7, 11) is 1.36. The molecular formula is C21H22F2N2O3. The van der Waals surface area contributed by atoms with Gasteiger partial charge in [-0.25, -0.2) is 0 Å². The first-order valence-electron chi connectivity index (χ1n) is 9.02. The van der Waals surface area contributed by atoms with Crippen LogP contribution in [-0.4, -0.2) is 32.7 Å². The molecule has 0 radical (unpaired) electrons. The summed E-state index contributed by atoms with van der Waals surface area (Å²) in [6, 6.07) is 12.2. The van der Waals surface area contributed by atoms with Crippen LogP contribution in [0.2, 0.25) is 0 Å². The monoisotopic (exact) mass is 388 g/mol. The van der Waals surface area contributed by atoms with Crippen molar-refractivity contribution in [3.8, 4) is 11.5 Å². The molecule has 0 aliphatic carbocycles. The molecular weight excluding hydrogens is 366 g/mol. The molecule has 0 aromatic heterocycles. The van der Waals surface area contributed by atoms with Gasteiger partial charge in [0.25, 0.3) is 0 Å². The van der Waals surface area contributed by atoms with Crippen LogP contribution in [0.1, 0.15) is 18.4 Å². The SMILES string of the molecule is COc1cc(/C=C/C(=O)Nc2ccc(N3CCCC3)cc2)ccc1OC(F)F. The Morgan fingerprint density at radius 2 is 1.82 bits per heavy atom. The van der Waals surface area contributed by atoms with Gasteiger partial charge in [-0.1, -0.05) is 6.07 Å². The number of carbonyl (C=O) groups is 1. The fraction of sp³-hybridized carbons (Fsp3) is 0.286. The zero-order chi connectivity index (χ0) is 19.9. The van der Waals surface area contributed by atoms with Crippen molar-refractivity contribution in [1.29, 1.82) is 0 Å². The van der Waals surface area contributed by atoms with Crippen LogP contribution >= 0.6 is 0 Å². The minimum Gasteiger partial charge on any atom is -0.493 e. The van der Waals surface area contributed by atoms with Gasteiger partial charge in [0.05, 0.1) is 7.11 Å². The van der Waals surface area contributed by atoms with Crippen molar-refractivity contribution in [3.05, 3.63) is 54.1 Å². The van der Waals surface area contributed by atoms with Gasteiger partial charge < -0.3 is 19.7 Å². The first-order valence-corrected chi connectivity index (χ1v) is 9.02. The van der Waals surface area contributed by atoms with Crippen molar-refractivity contribution in [3.63, 3.8) is 0 Å². The summed E-state index contributed by atoms with van der Waals surface area (Å²) in [5.74, 6) is -0.182. The van der Waals surface area contributed by atoms with Crippen molar-refractivity contribution in [2.45, 2.75) is 19.5 Å². The van der Waals surface area contributed by atoms with Crippen molar-refractivity contribution < 1.29 is 23.0 Å². The summed E-state index contributed by atoms with van der Waals surface area (Å²) in [5, 5.41) is 2.80. The Morgan fingerprint density at radius 1 is 1.11 bits per heavy atom. The molecule has 0 spiro atoms. The lowest BCUT2D eigenvalue weighted by atomic mass is 10.2. The van der Waals surface area contributed by atoms with Gasteiger partial charge >= 0.3 is 6.61 Å². The molecule has 1 N–H and O–H groups in total. The molecule has 0 atom stereocenters. The zero-order valence-corrected chi connectivity index (χ0v) is 15.5. The highest BCUT2D eigenvalue weighted by atomic mass is 19.3. The van der Waals surface area contributed by atoms with E-state index < -0.39 is 6.61 Å². The molecule has 2 aromatic rings. The maximum atomic E-state index is 12.4. The van der Waals surface area contributed by atoms with Gasteiger partial charge in [-0.3, -0.25) is 4.79 Å². The molecule has 1 saturated heterocycles. The van der Waals surface area contributed by atoms with E-state index in [1.165, 1.54) is 38.2 Å². The van der Waals surface area contributed by atoms with E-state index >= 15 is 0 Å². The number of halogens is 2. The molecule has 3 rings (SSSR count). The highest BCUT2D eigenvalue weighted by molar-refractivity contribution is 6.02. The molecule has 1 aliphatic rings. The Balaban J connectivity index is 1.60. The lowest BCUT2D eigenvalue weighted by Crippen LogP contribution is -2.17. The topological polar surface area (TPSA) is 50.8 Å². The first-order chi connectivity index (χ1) is 13.5. The van der Waals surface area contributed by atoms with Crippen LogP contribution in [0.5, 0.6) is 11.5 Å². The van der Waals surface area contributed by atoms with Crippen LogP contribution in [0.15, 0.2) is 48.5 Å². The summed E-state index contributed by atoms with van der Waals surface area (Å²) in [6.45, 7) is -0.795. The number of nitrogens with zero attached hydrogens (tertiary/aromatic N) is 1. The normalized spacial score (nSPS) is 13.9. The maximum Gasteiger partial charge on any atom is 0.387 e. The number of hydrogen-bond acceptors (Lipinski definition) is 4. The average Bonchev–Trinajstić information content (AvgIpc) is 3.22. The Morgan fingerprint density at radius 3 is 2.46 bits per heavy atom. The molecule has 2 aromatic carbocycles. The molecule has 7 heteroatoms. The fourth-order valence-corrected chi connectivity index (χ4v) is 3.07. The number of benzene rings is 2. The third kappa shape index (κ3) is 5.22. The van der Waals surface area contributed by atoms with E-state index in [1.807, 2.05) is 24.3 Å². The van der Waals surface area contributed by atoms with Crippen LogP contribution in [0, 0.1) is 0 Å². The van der Waals surface area contributed by atoms with E-state index in [4.69, 9.17) is 4.74 Å². The van der Waals surface area contributed by atoms with Gasteiger partial charge in [0.2, 0.25) is 5.91 Å². The predicted molar refractivity (Wildman–Crippen MR) is 105 cm³/mol. The summed E-state index contributed by atoms with van der Waals surface area (Å²) >= 11 is 0. The minimum atomic E-state index is -2.93. The summed E-state index contributed by atoms with van der Waals surface area (Å²) in [4.78, 5) is 14.5. The van der Waals surface area contributed by atoms with Gasteiger partial charge in [0.1, 0.15) is 0 Å². The second-order valence-corrected chi connectivity index (χ2v) is 6.35. The maximum absolute atomic E-state index is 12.4. The number of nitrogens with one attached hydrogen (secondary N) is 1. The largest absolute Gasteiger partial charge is 0.493 e. The van der Waals surface area contributed by atoms with Gasteiger partial charge in [-0.05, 0) is 60.9 Å². The van der Waals surface area contributed by atoms with Crippen molar-refractivity contribution in [1.82, 2.24) is 0 Å². The van der Waals surface area contributed by atoms with Gasteiger partial charge in [-0.15, -0.1) is 0 Å². The highest BCUT2D eigenvalue weighted by Gasteiger charge is 2.12. The molecule has 1 heterocycles. The van der Waals surface area contributed by atoms with Crippen molar-refractivity contribution in [2.24, 2.45) is 0 Å². The molecule has 148 valence electrons. The third-order valence-electron chi connectivity index (χ3n) is 4.44. The van der Waals surface area contributed by atoms with E-state index in [1.54, 1.807) is 12.1 Å². The van der Waals surface area contributed by atoms with E-state index in [-0.39, 0.29) is 17.4 Å². The number of methoxy groups -OCH3 is 1. The molecule has 0 saturated carbocycles. The summed E-state index contributed by atoms with van der Waals surface area (Å²) in [5.41, 5.74) is 2.48. The van der Waals surface area contributed by atoms with Crippen LogP contribution < -0.4 is 19.7 Å². The zero-order valence-electron chi connectivity index (χ0n) is 15.5. The Labute approximate surface area is 162 Å². The number of carbonyl (C=O) groups excluding carboxylic acids is 1. The van der Waals surface area contributed by atoms with E-state index in [0.29, 0.717) is 11.3 Å². The van der Waals surface area contributed by atoms with Gasteiger partial charge in [-0.2, -0.15) is 8.78 Å². The molecule has 0 unspecified atom stereocenters. The van der Waals surface area contributed by atoms with Crippen molar-refractivity contribution in [2.75, 3.05) is 30.4 Å². The Kier molecular flexibility index (Phi) is 6.47. The Bertz CT molecular complexity index is 832. The van der Waals surface area contributed by atoms with Crippen LogP contribution in [0.25, 0.3) is 6.08 Å². The minimum absolute atomic E-state index is 0.0582. The van der Waals surface area contributed by atoms with Crippen LogP contribution in [-0.2, 0) is 4.79 Å². The standard InChI is InChI=1S/C21H22F2N2O3/c1-27-19-14-15(4-10-18(19)28-21(22)23)5-11-20(26)24-16-6-8-17(9-7-16)25-12-2-3-13-25/h4-11,14,21H,2-3,12-13H2,1H3,(H,24,26)/b11-5+. The Hall–Kier alpha value is -3.09. The summed E-state index contributed by atoms with van der Waals surface area (Å²) < 4.78 is 34.2. The van der Waals surface area contributed by atoms with Crippen LogP contribution in [0.3, 0.4) is 0 Å². The van der Waals surface area contributed by atoms with E-state index in [9.17, 15) is 13.6 Å². The number of anilines is 2. The molecule has 1 amide bonds. The van der Waals surface area contributed by atoms with Gasteiger partial charge in [0, 0.05) is 30.5 Å². The number of alkyl halides is 2. The summed E-state index contributed by atoms with van der Waals surface area (Å²) in [6.07, 6.45) is 5.37. The molecule has 1 aliphatic heterocycles. The third-order valence-corrected chi connectivity index (χ3v) is 4.44. The molecule has 1 fully saturated rings. The number of hydrogen-bond donors (Lipinski definition) is 1. The van der Waals surface area contributed by atoms with Crippen LogP contribution in [0.4, 0.5) is 20.2 Å². The second kappa shape index (κ2) is 9.21. The fourth-order valence-electron chi connectivity index (χ4n) is 3.07. The lowest BCUT2D eigenvalue weighted by Gasteiger charge is -2.17. The van der Waals surface area contributed by atoms with E-state index in [2.05, 4.69) is 15.0 Å². The van der Waals surface area contributed by atoms with Gasteiger partial charge in [0.15, 0.2) is 11.5 Å². The number of rotatable bonds is 7. The highest BCUT2D eigenvalue weighted by Crippen LogP contribution is 2.30. The molecule has 5 nitrogen and oxygen atoms in total. The lowest BCUT2D eigenvalue weighted by molar-refractivity contribution is -0.111. The van der Waals surface area contributed by atoms with E-state index in [0.717, 1.165) is 18.8 Å². The molecule has 0 bridgehead atoms. The average molecular weight is 388 g/mol. The second-order valence-electron chi connectivity index (χ2n) is 6.35.